The summed E-state index contributed by atoms with van der Waals surface area (Å²) in [6.45, 7) is 1.58. The van der Waals surface area contributed by atoms with Crippen LogP contribution in [0.1, 0.15) is 6.92 Å². The van der Waals surface area contributed by atoms with Gasteiger partial charge in [-0.1, -0.05) is 15.9 Å². The van der Waals surface area contributed by atoms with E-state index in [2.05, 4.69) is 21.2 Å². The number of amides is 1. The SMILES string of the molecule is CC(Br)C(=O)Nc1ccc([N+](=O)[O-])cc1F. The molecular formula is C9H8BrFN2O3. The fourth-order valence-corrected chi connectivity index (χ4v) is 1.07. The normalized spacial score (nSPS) is 11.9. The molecule has 16 heavy (non-hydrogen) atoms. The Labute approximate surface area is 98.9 Å². The molecule has 0 aliphatic rings. The average molecular weight is 291 g/mol. The van der Waals surface area contributed by atoms with Gasteiger partial charge in [0.1, 0.15) is 0 Å². The number of rotatable bonds is 3. The van der Waals surface area contributed by atoms with Crippen molar-refractivity contribution in [3.63, 3.8) is 0 Å². The Morgan fingerprint density at radius 2 is 2.25 bits per heavy atom. The maximum atomic E-state index is 13.3. The van der Waals surface area contributed by atoms with Crippen molar-refractivity contribution in [1.82, 2.24) is 0 Å². The van der Waals surface area contributed by atoms with Crippen molar-refractivity contribution in [2.24, 2.45) is 0 Å². The van der Waals surface area contributed by atoms with E-state index in [9.17, 15) is 19.3 Å². The van der Waals surface area contributed by atoms with Gasteiger partial charge in [-0.05, 0) is 13.0 Å². The molecule has 1 aromatic carbocycles. The molecule has 0 bridgehead atoms. The van der Waals surface area contributed by atoms with Gasteiger partial charge in [-0.15, -0.1) is 0 Å². The van der Waals surface area contributed by atoms with Crippen LogP contribution in [-0.2, 0) is 4.79 Å². The highest BCUT2D eigenvalue weighted by Gasteiger charge is 2.14. The molecule has 1 N–H and O–H groups in total. The molecule has 1 rings (SSSR count). The Morgan fingerprint density at radius 3 is 2.69 bits per heavy atom. The second-order valence-electron chi connectivity index (χ2n) is 3.03. The molecule has 0 saturated carbocycles. The van der Waals surface area contributed by atoms with Crippen molar-refractivity contribution in [2.75, 3.05) is 5.32 Å². The van der Waals surface area contributed by atoms with Crippen molar-refractivity contribution in [3.8, 4) is 0 Å². The lowest BCUT2D eigenvalue weighted by Gasteiger charge is -2.07. The maximum absolute atomic E-state index is 13.3. The number of hydrogen-bond acceptors (Lipinski definition) is 3. The molecule has 1 atom stereocenters. The van der Waals surface area contributed by atoms with Crippen LogP contribution in [0.15, 0.2) is 18.2 Å². The summed E-state index contributed by atoms with van der Waals surface area (Å²) in [7, 11) is 0. The van der Waals surface area contributed by atoms with Crippen LogP contribution in [0.25, 0.3) is 0 Å². The first-order valence-corrected chi connectivity index (χ1v) is 5.22. The van der Waals surface area contributed by atoms with Crippen molar-refractivity contribution in [3.05, 3.63) is 34.1 Å². The molecule has 0 aromatic heterocycles. The van der Waals surface area contributed by atoms with E-state index in [1.54, 1.807) is 6.92 Å². The van der Waals surface area contributed by atoms with Gasteiger partial charge in [-0.25, -0.2) is 4.39 Å². The van der Waals surface area contributed by atoms with Crippen LogP contribution in [0.2, 0.25) is 0 Å². The van der Waals surface area contributed by atoms with Gasteiger partial charge in [0, 0.05) is 6.07 Å². The minimum Gasteiger partial charge on any atom is -0.323 e. The minimum atomic E-state index is -0.837. The number of alkyl halides is 1. The molecule has 0 spiro atoms. The van der Waals surface area contributed by atoms with E-state index in [1.807, 2.05) is 0 Å². The molecule has 86 valence electrons. The minimum absolute atomic E-state index is 0.0816. The van der Waals surface area contributed by atoms with Gasteiger partial charge >= 0.3 is 0 Å². The van der Waals surface area contributed by atoms with Crippen LogP contribution in [-0.4, -0.2) is 15.7 Å². The number of nitrogens with zero attached hydrogens (tertiary/aromatic N) is 1. The van der Waals surface area contributed by atoms with Crippen LogP contribution < -0.4 is 5.32 Å². The van der Waals surface area contributed by atoms with Crippen molar-refractivity contribution < 1.29 is 14.1 Å². The highest BCUT2D eigenvalue weighted by atomic mass is 79.9. The first-order chi connectivity index (χ1) is 7.41. The van der Waals surface area contributed by atoms with E-state index in [-0.39, 0.29) is 11.4 Å². The van der Waals surface area contributed by atoms with Crippen LogP contribution in [0.5, 0.6) is 0 Å². The number of benzene rings is 1. The Morgan fingerprint density at radius 1 is 1.62 bits per heavy atom. The quantitative estimate of drug-likeness (QED) is 0.528. The van der Waals surface area contributed by atoms with Gasteiger partial charge < -0.3 is 5.32 Å². The summed E-state index contributed by atoms with van der Waals surface area (Å²) in [6, 6.07) is 3.03. The van der Waals surface area contributed by atoms with Gasteiger partial charge in [0.05, 0.1) is 21.5 Å². The fourth-order valence-electron chi connectivity index (χ4n) is 0.951. The van der Waals surface area contributed by atoms with Crippen LogP contribution in [0.3, 0.4) is 0 Å². The number of nitrogens with one attached hydrogen (secondary N) is 1. The highest BCUT2D eigenvalue weighted by Crippen LogP contribution is 2.20. The third-order valence-electron chi connectivity index (χ3n) is 1.78. The number of halogens is 2. The van der Waals surface area contributed by atoms with Crippen LogP contribution >= 0.6 is 15.9 Å². The Hall–Kier alpha value is -1.50. The summed E-state index contributed by atoms with van der Waals surface area (Å²) in [5.74, 6) is -1.26. The summed E-state index contributed by atoms with van der Waals surface area (Å²) < 4.78 is 13.3. The molecule has 0 radical (unpaired) electrons. The third-order valence-corrected chi connectivity index (χ3v) is 2.20. The second-order valence-corrected chi connectivity index (χ2v) is 4.40. The Kier molecular flexibility index (Phi) is 3.94. The van der Waals surface area contributed by atoms with Crippen LogP contribution in [0.4, 0.5) is 15.8 Å². The average Bonchev–Trinajstić information content (AvgIpc) is 2.20. The number of carbonyl (C=O) groups is 1. The summed E-state index contributed by atoms with van der Waals surface area (Å²) in [5.41, 5.74) is -0.440. The largest absolute Gasteiger partial charge is 0.323 e. The molecule has 1 amide bonds. The summed E-state index contributed by atoms with van der Waals surface area (Å²) in [4.78, 5) is 20.4. The van der Waals surface area contributed by atoms with E-state index in [4.69, 9.17) is 0 Å². The van der Waals surface area contributed by atoms with E-state index in [0.29, 0.717) is 0 Å². The van der Waals surface area contributed by atoms with Gasteiger partial charge in [0.2, 0.25) is 5.91 Å². The molecule has 0 aliphatic carbocycles. The lowest BCUT2D eigenvalue weighted by atomic mass is 10.2. The zero-order chi connectivity index (χ0) is 12.3. The monoisotopic (exact) mass is 290 g/mol. The molecule has 0 saturated heterocycles. The van der Waals surface area contributed by atoms with Crippen molar-refractivity contribution >= 4 is 33.2 Å². The third kappa shape index (κ3) is 2.99. The number of hydrogen-bond donors (Lipinski definition) is 1. The number of carbonyl (C=O) groups excluding carboxylic acids is 1. The smallest absolute Gasteiger partial charge is 0.272 e. The molecule has 0 fully saturated rings. The Balaban J connectivity index is 2.91. The van der Waals surface area contributed by atoms with Crippen LogP contribution in [0, 0.1) is 15.9 Å². The van der Waals surface area contributed by atoms with E-state index in [1.165, 1.54) is 0 Å². The number of nitro groups is 1. The summed E-state index contributed by atoms with van der Waals surface area (Å²) in [5, 5.41) is 12.6. The summed E-state index contributed by atoms with van der Waals surface area (Å²) in [6.07, 6.45) is 0. The highest BCUT2D eigenvalue weighted by molar-refractivity contribution is 9.10. The molecule has 7 heteroatoms. The first-order valence-electron chi connectivity index (χ1n) is 4.30. The predicted molar refractivity (Wildman–Crippen MR) is 60.1 cm³/mol. The summed E-state index contributed by atoms with van der Waals surface area (Å²) >= 11 is 3.02. The molecule has 0 aliphatic heterocycles. The lowest BCUT2D eigenvalue weighted by molar-refractivity contribution is -0.385. The van der Waals surface area contributed by atoms with E-state index in [0.717, 1.165) is 18.2 Å². The predicted octanol–water partition coefficient (Wildman–Crippen LogP) is 2.46. The standard InChI is InChI=1S/C9H8BrFN2O3/c1-5(10)9(14)12-8-3-2-6(13(15)16)4-7(8)11/h2-5H,1H3,(H,12,14). The lowest BCUT2D eigenvalue weighted by Crippen LogP contribution is -2.20. The topological polar surface area (TPSA) is 72.2 Å². The fraction of sp³-hybridized carbons (Fsp3) is 0.222. The van der Waals surface area contributed by atoms with Gasteiger partial charge in [-0.3, -0.25) is 14.9 Å². The van der Waals surface area contributed by atoms with Gasteiger partial charge in [-0.2, -0.15) is 0 Å². The zero-order valence-electron chi connectivity index (χ0n) is 8.24. The van der Waals surface area contributed by atoms with E-state index >= 15 is 0 Å². The zero-order valence-corrected chi connectivity index (χ0v) is 9.82. The maximum Gasteiger partial charge on any atom is 0.272 e. The molecule has 1 unspecified atom stereocenters. The number of nitro benzene ring substituents is 1. The number of anilines is 1. The van der Waals surface area contributed by atoms with Gasteiger partial charge in [0.15, 0.2) is 5.82 Å². The van der Waals surface area contributed by atoms with Gasteiger partial charge in [0.25, 0.3) is 5.69 Å². The first kappa shape index (κ1) is 12.6. The number of non-ortho nitro benzene ring substituents is 1. The van der Waals surface area contributed by atoms with E-state index < -0.39 is 21.5 Å². The van der Waals surface area contributed by atoms with Crippen molar-refractivity contribution in [1.29, 1.82) is 0 Å². The molecular weight excluding hydrogens is 283 g/mol. The van der Waals surface area contributed by atoms with Crippen molar-refractivity contribution in [2.45, 2.75) is 11.8 Å². The molecule has 5 nitrogen and oxygen atoms in total. The molecule has 1 aromatic rings. The molecule has 0 heterocycles. The Bertz CT molecular complexity index is 437. The second kappa shape index (κ2) is 5.02.